The zero-order chi connectivity index (χ0) is 14.4. The topological polar surface area (TPSA) is 156 Å². The highest BCUT2D eigenvalue weighted by atomic mass is 31.2. The fourth-order valence-corrected chi connectivity index (χ4v) is 0. The van der Waals surface area contributed by atoms with E-state index in [0.717, 1.165) is 0 Å². The van der Waals surface area contributed by atoms with Crippen molar-refractivity contribution in [3.05, 3.63) is 25.3 Å². The van der Waals surface area contributed by atoms with Crippen molar-refractivity contribution in [1.29, 1.82) is 0 Å². The molecule has 8 nitrogen and oxygen atoms in total. The zero-order valence-corrected chi connectivity index (χ0v) is 10.8. The van der Waals surface area contributed by atoms with Crippen LogP contribution in [0.2, 0.25) is 0 Å². The summed E-state index contributed by atoms with van der Waals surface area (Å²) >= 11 is 0. The van der Waals surface area contributed by atoms with Gasteiger partial charge in [0.25, 0.3) is 0 Å². The van der Waals surface area contributed by atoms with E-state index in [1.54, 1.807) is 12.2 Å². The van der Waals surface area contributed by atoms with Gasteiger partial charge in [-0.25, -0.2) is 9.13 Å². The Labute approximate surface area is 94.1 Å². The molecule has 0 aliphatic carbocycles. The highest BCUT2D eigenvalue weighted by molar-refractivity contribution is 7.45. The minimum absolute atomic E-state index is 1.75. The van der Waals surface area contributed by atoms with Crippen LogP contribution in [0.15, 0.2) is 25.3 Å². The first-order valence-electron chi connectivity index (χ1n) is 3.54. The van der Waals surface area contributed by atoms with Crippen LogP contribution in [-0.2, 0) is 9.13 Å². The summed E-state index contributed by atoms with van der Waals surface area (Å²) < 4.78 is 17.8. The van der Waals surface area contributed by atoms with Crippen LogP contribution in [0.5, 0.6) is 0 Å². The van der Waals surface area contributed by atoms with Gasteiger partial charge in [-0.15, -0.1) is 13.2 Å². The largest absolute Gasteiger partial charge is 0.466 e. The van der Waals surface area contributed by atoms with Crippen molar-refractivity contribution in [2.45, 2.75) is 13.8 Å². The molecule has 0 unspecified atom stereocenters. The fourth-order valence-electron chi connectivity index (χ4n) is 0. The van der Waals surface area contributed by atoms with E-state index in [2.05, 4.69) is 13.2 Å². The van der Waals surface area contributed by atoms with Crippen LogP contribution >= 0.6 is 15.6 Å². The van der Waals surface area contributed by atoms with Gasteiger partial charge in [-0.05, 0) is 13.8 Å². The normalized spacial score (nSPS) is 9.00. The van der Waals surface area contributed by atoms with E-state index < -0.39 is 15.6 Å². The van der Waals surface area contributed by atoms with Gasteiger partial charge in [-0.1, -0.05) is 12.2 Å². The van der Waals surface area contributed by atoms with Gasteiger partial charge < -0.3 is 29.4 Å². The second-order valence-electron chi connectivity index (χ2n) is 1.84. The quantitative estimate of drug-likeness (QED) is 0.277. The third-order valence-corrected chi connectivity index (χ3v) is 0. The molecule has 0 fully saturated rings. The van der Waals surface area contributed by atoms with Gasteiger partial charge >= 0.3 is 15.6 Å². The van der Waals surface area contributed by atoms with Gasteiger partial charge in [0, 0.05) is 0 Å². The van der Waals surface area contributed by atoms with Crippen LogP contribution in [0.25, 0.3) is 0 Å². The fraction of sp³-hybridized carbons (Fsp3) is 0.333. The predicted molar refractivity (Wildman–Crippen MR) is 60.3 cm³/mol. The van der Waals surface area contributed by atoms with Crippen molar-refractivity contribution in [1.82, 2.24) is 0 Å². The lowest BCUT2D eigenvalue weighted by molar-refractivity contribution is 0.272. The summed E-state index contributed by atoms with van der Waals surface area (Å²) in [5.41, 5.74) is 0. The highest BCUT2D eigenvalue weighted by Gasteiger charge is 2.00. The van der Waals surface area contributed by atoms with Crippen LogP contribution in [-0.4, -0.2) is 29.4 Å². The van der Waals surface area contributed by atoms with E-state index in [0.29, 0.717) is 0 Å². The third kappa shape index (κ3) is 24600. The average molecular weight is 280 g/mol. The van der Waals surface area contributed by atoms with Crippen molar-refractivity contribution in [3.8, 4) is 0 Å². The number of hydrogen-bond acceptors (Lipinski definition) is 2. The molecule has 10 heteroatoms. The molecule has 0 amide bonds. The summed E-state index contributed by atoms with van der Waals surface area (Å²) in [7, 11) is -9.28. The number of phosphoric acid groups is 2. The van der Waals surface area contributed by atoms with Gasteiger partial charge in [-0.2, -0.15) is 0 Å². The Morgan fingerprint density at radius 1 is 0.750 bits per heavy atom. The first kappa shape index (κ1) is 24.8. The maximum atomic E-state index is 8.88. The van der Waals surface area contributed by atoms with Crippen LogP contribution in [0.3, 0.4) is 0 Å². The first-order valence-corrected chi connectivity index (χ1v) is 6.67. The summed E-state index contributed by atoms with van der Waals surface area (Å²) in [5, 5.41) is 0. The molecular formula is C6H18O8P2. The molecule has 0 aromatic rings. The van der Waals surface area contributed by atoms with Crippen molar-refractivity contribution in [2.75, 3.05) is 0 Å². The predicted octanol–water partition coefficient (Wildman–Crippen LogP) is 0.527. The second-order valence-corrected chi connectivity index (χ2v) is 3.90. The molecule has 100 valence electrons. The molecule has 6 N–H and O–H groups in total. The molecule has 16 heavy (non-hydrogen) atoms. The van der Waals surface area contributed by atoms with Crippen molar-refractivity contribution in [3.63, 3.8) is 0 Å². The van der Waals surface area contributed by atoms with Gasteiger partial charge in [0.05, 0.1) is 0 Å². The molecule has 0 aromatic heterocycles. The standard InChI is InChI=1S/2C3H6.2H3O4P/c2*1-3-2;2*1-5(2,3)4/h2*3H,1H2,2H3;2*(H3,1,2,3,4). The Balaban J connectivity index is -0.0000000621. The van der Waals surface area contributed by atoms with E-state index in [1.165, 1.54) is 0 Å². The SMILES string of the molecule is C=CC.C=CC.O=P(O)(O)O.O=P(O)(O)O. The maximum absolute atomic E-state index is 8.88. The van der Waals surface area contributed by atoms with E-state index in [1.807, 2.05) is 13.8 Å². The molecule has 0 aliphatic rings. The van der Waals surface area contributed by atoms with Crippen molar-refractivity contribution in [2.24, 2.45) is 0 Å². The smallest absolute Gasteiger partial charge is 0.303 e. The van der Waals surface area contributed by atoms with Gasteiger partial charge in [0.2, 0.25) is 0 Å². The zero-order valence-electron chi connectivity index (χ0n) is 8.96. The molecule has 0 atom stereocenters. The molecule has 0 bridgehead atoms. The van der Waals surface area contributed by atoms with Crippen molar-refractivity contribution >= 4 is 15.6 Å². The monoisotopic (exact) mass is 280 g/mol. The Morgan fingerprint density at radius 2 is 0.750 bits per heavy atom. The van der Waals surface area contributed by atoms with Gasteiger partial charge in [0.15, 0.2) is 0 Å². The molecule has 0 aliphatic heterocycles. The van der Waals surface area contributed by atoms with Crippen LogP contribution in [0.1, 0.15) is 13.8 Å². The summed E-state index contributed by atoms with van der Waals surface area (Å²) in [5.74, 6) is 0. The Kier molecular flexibility index (Phi) is 22.8. The molecule has 0 spiro atoms. The summed E-state index contributed by atoms with van der Waals surface area (Å²) in [6.45, 7) is 10.5. The number of allylic oxidation sites excluding steroid dienone is 2. The maximum Gasteiger partial charge on any atom is 0.466 e. The molecule has 0 heterocycles. The van der Waals surface area contributed by atoms with E-state index in [-0.39, 0.29) is 0 Å². The summed E-state index contributed by atoms with van der Waals surface area (Å²) in [6, 6.07) is 0. The molecule has 0 aromatic carbocycles. The number of rotatable bonds is 0. The third-order valence-electron chi connectivity index (χ3n) is 0. The summed E-state index contributed by atoms with van der Waals surface area (Å²) in [4.78, 5) is 43.1. The Hall–Kier alpha value is -0.300. The van der Waals surface area contributed by atoms with Gasteiger partial charge in [0.1, 0.15) is 0 Å². The second kappa shape index (κ2) is 14.7. The van der Waals surface area contributed by atoms with Crippen LogP contribution in [0, 0.1) is 0 Å². The lowest BCUT2D eigenvalue weighted by Crippen LogP contribution is -1.66. The van der Waals surface area contributed by atoms with Gasteiger partial charge in [-0.3, -0.25) is 0 Å². The van der Waals surface area contributed by atoms with Crippen molar-refractivity contribution < 1.29 is 38.5 Å². The lowest BCUT2D eigenvalue weighted by Gasteiger charge is -1.82. The number of hydrogen-bond donors (Lipinski definition) is 6. The van der Waals surface area contributed by atoms with E-state index in [4.69, 9.17) is 38.5 Å². The van der Waals surface area contributed by atoms with Crippen LogP contribution in [0.4, 0.5) is 0 Å². The molecule has 0 rings (SSSR count). The van der Waals surface area contributed by atoms with E-state index in [9.17, 15) is 0 Å². The minimum atomic E-state index is -4.64. The highest BCUT2D eigenvalue weighted by Crippen LogP contribution is 2.26. The first-order chi connectivity index (χ1) is 6.83. The Morgan fingerprint density at radius 3 is 0.750 bits per heavy atom. The van der Waals surface area contributed by atoms with Crippen LogP contribution < -0.4 is 0 Å². The minimum Gasteiger partial charge on any atom is -0.303 e. The molecule has 0 saturated heterocycles. The molecule has 0 saturated carbocycles. The Bertz CT molecular complexity index is 196. The molecular weight excluding hydrogens is 262 g/mol. The average Bonchev–Trinajstić information content (AvgIpc) is 1.79. The summed E-state index contributed by atoms with van der Waals surface area (Å²) in [6.07, 6.45) is 3.50. The van der Waals surface area contributed by atoms with E-state index >= 15 is 0 Å². The lowest BCUT2D eigenvalue weighted by atomic mass is 10.8. The molecule has 0 radical (unpaired) electrons.